The Morgan fingerprint density at radius 3 is 2.82 bits per heavy atom. The molecule has 1 aliphatic rings. The van der Waals surface area contributed by atoms with Crippen molar-refractivity contribution in [2.45, 2.75) is 31.3 Å². The molecule has 3 N–H and O–H groups in total. The number of carbonyl (C=O) groups is 1. The third-order valence-corrected chi connectivity index (χ3v) is 2.08. The number of carbonyl (C=O) groups excluding carboxylic acids is 1. The molecular formula is C8H14N2O. The van der Waals surface area contributed by atoms with Gasteiger partial charge in [-0.25, -0.2) is 0 Å². The molecule has 1 amide bonds. The third kappa shape index (κ3) is 2.05. The fourth-order valence-electron chi connectivity index (χ4n) is 1.41. The highest BCUT2D eigenvalue weighted by atomic mass is 16.1. The largest absolute Gasteiger partial charge is 0.348 e. The molecule has 0 heterocycles. The predicted molar refractivity (Wildman–Crippen MR) is 44.0 cm³/mol. The minimum atomic E-state index is -0.118. The fourth-order valence-corrected chi connectivity index (χ4v) is 1.41. The molecule has 0 aromatic heterocycles. The molecule has 3 heteroatoms. The van der Waals surface area contributed by atoms with Crippen molar-refractivity contribution in [3.05, 3.63) is 12.7 Å². The predicted octanol–water partition coefficient (Wildman–Crippen LogP) is 0.168. The molecule has 0 radical (unpaired) electrons. The third-order valence-electron chi connectivity index (χ3n) is 2.08. The first kappa shape index (κ1) is 8.27. The number of nitrogens with two attached hydrogens (primary N) is 1. The zero-order valence-corrected chi connectivity index (χ0v) is 6.55. The van der Waals surface area contributed by atoms with Gasteiger partial charge in [0, 0.05) is 12.1 Å². The molecule has 0 aromatic carbocycles. The van der Waals surface area contributed by atoms with Gasteiger partial charge in [-0.3, -0.25) is 4.79 Å². The molecule has 1 rings (SSSR count). The van der Waals surface area contributed by atoms with Gasteiger partial charge in [0.05, 0.1) is 0 Å². The minimum absolute atomic E-state index is 0.118. The van der Waals surface area contributed by atoms with Crippen LogP contribution in [0.15, 0.2) is 12.7 Å². The molecule has 2 atom stereocenters. The lowest BCUT2D eigenvalue weighted by molar-refractivity contribution is -0.117. The molecule has 62 valence electrons. The fraction of sp³-hybridized carbons (Fsp3) is 0.625. The topological polar surface area (TPSA) is 55.1 Å². The Labute approximate surface area is 66.6 Å². The maximum atomic E-state index is 10.8. The van der Waals surface area contributed by atoms with E-state index in [0.717, 1.165) is 19.3 Å². The lowest BCUT2D eigenvalue weighted by Gasteiger charge is -2.15. The van der Waals surface area contributed by atoms with Crippen molar-refractivity contribution in [1.29, 1.82) is 0 Å². The lowest BCUT2D eigenvalue weighted by atomic mass is 10.2. The van der Waals surface area contributed by atoms with Crippen molar-refractivity contribution < 1.29 is 4.79 Å². The van der Waals surface area contributed by atoms with Gasteiger partial charge in [-0.1, -0.05) is 6.58 Å². The van der Waals surface area contributed by atoms with Gasteiger partial charge in [-0.05, 0) is 25.3 Å². The molecule has 3 nitrogen and oxygen atoms in total. The van der Waals surface area contributed by atoms with Crippen LogP contribution in [0.2, 0.25) is 0 Å². The second-order valence-electron chi connectivity index (χ2n) is 2.91. The van der Waals surface area contributed by atoms with E-state index in [9.17, 15) is 4.79 Å². The number of rotatable bonds is 2. The van der Waals surface area contributed by atoms with E-state index in [1.54, 1.807) is 0 Å². The van der Waals surface area contributed by atoms with Gasteiger partial charge in [0.1, 0.15) is 0 Å². The molecule has 1 saturated carbocycles. The van der Waals surface area contributed by atoms with E-state index in [2.05, 4.69) is 11.9 Å². The summed E-state index contributed by atoms with van der Waals surface area (Å²) in [5.74, 6) is -0.118. The van der Waals surface area contributed by atoms with Crippen LogP contribution in [0, 0.1) is 0 Å². The van der Waals surface area contributed by atoms with E-state index in [-0.39, 0.29) is 18.0 Å². The first-order valence-electron chi connectivity index (χ1n) is 3.92. The van der Waals surface area contributed by atoms with Gasteiger partial charge in [0.2, 0.25) is 5.91 Å². The van der Waals surface area contributed by atoms with E-state index in [0.29, 0.717) is 0 Å². The van der Waals surface area contributed by atoms with Crippen LogP contribution in [-0.4, -0.2) is 18.0 Å². The van der Waals surface area contributed by atoms with Crippen LogP contribution >= 0.6 is 0 Å². The van der Waals surface area contributed by atoms with Crippen LogP contribution in [0.1, 0.15) is 19.3 Å². The van der Waals surface area contributed by atoms with Crippen molar-refractivity contribution in [2.24, 2.45) is 5.73 Å². The number of nitrogens with one attached hydrogen (secondary N) is 1. The Morgan fingerprint density at radius 1 is 1.64 bits per heavy atom. The van der Waals surface area contributed by atoms with Crippen LogP contribution in [0.25, 0.3) is 0 Å². The van der Waals surface area contributed by atoms with Crippen molar-refractivity contribution >= 4 is 5.91 Å². The Hall–Kier alpha value is -0.830. The monoisotopic (exact) mass is 154 g/mol. The molecule has 1 fully saturated rings. The van der Waals surface area contributed by atoms with Crippen molar-refractivity contribution in [3.63, 3.8) is 0 Å². The Morgan fingerprint density at radius 2 is 2.36 bits per heavy atom. The first-order valence-corrected chi connectivity index (χ1v) is 3.92. The zero-order valence-electron chi connectivity index (χ0n) is 6.55. The molecule has 0 saturated heterocycles. The van der Waals surface area contributed by atoms with Crippen LogP contribution in [0.4, 0.5) is 0 Å². The maximum absolute atomic E-state index is 10.8. The average Bonchev–Trinajstić information content (AvgIpc) is 2.37. The molecular weight excluding hydrogens is 140 g/mol. The molecule has 0 bridgehead atoms. The summed E-state index contributed by atoms with van der Waals surface area (Å²) in [4.78, 5) is 10.8. The van der Waals surface area contributed by atoms with Crippen LogP contribution in [-0.2, 0) is 4.79 Å². The number of hydrogen-bond donors (Lipinski definition) is 2. The van der Waals surface area contributed by atoms with Gasteiger partial charge < -0.3 is 11.1 Å². The van der Waals surface area contributed by atoms with Crippen LogP contribution in [0.5, 0.6) is 0 Å². The summed E-state index contributed by atoms with van der Waals surface area (Å²) in [6, 6.07) is 0.305. The van der Waals surface area contributed by atoms with Crippen molar-refractivity contribution in [3.8, 4) is 0 Å². The second kappa shape index (κ2) is 3.53. The highest BCUT2D eigenvalue weighted by Crippen LogP contribution is 2.16. The Bertz CT molecular complexity index is 167. The maximum Gasteiger partial charge on any atom is 0.243 e. The average molecular weight is 154 g/mol. The summed E-state index contributed by atoms with van der Waals surface area (Å²) in [5.41, 5.74) is 5.73. The molecule has 1 aliphatic carbocycles. The summed E-state index contributed by atoms with van der Waals surface area (Å²) in [6.07, 6.45) is 4.41. The van der Waals surface area contributed by atoms with Crippen LogP contribution < -0.4 is 11.1 Å². The molecule has 0 aliphatic heterocycles. The van der Waals surface area contributed by atoms with E-state index < -0.39 is 0 Å². The van der Waals surface area contributed by atoms with E-state index in [4.69, 9.17) is 5.73 Å². The van der Waals surface area contributed by atoms with Crippen molar-refractivity contribution in [2.75, 3.05) is 0 Å². The smallest absolute Gasteiger partial charge is 0.243 e. The van der Waals surface area contributed by atoms with Gasteiger partial charge >= 0.3 is 0 Å². The Kier molecular flexibility index (Phi) is 2.65. The summed E-state index contributed by atoms with van der Waals surface area (Å²) in [6.45, 7) is 3.37. The van der Waals surface area contributed by atoms with Crippen LogP contribution in [0.3, 0.4) is 0 Å². The molecule has 0 spiro atoms. The van der Waals surface area contributed by atoms with Gasteiger partial charge in [0.15, 0.2) is 0 Å². The Balaban J connectivity index is 2.36. The summed E-state index contributed by atoms with van der Waals surface area (Å²) < 4.78 is 0. The van der Waals surface area contributed by atoms with E-state index in [1.165, 1.54) is 6.08 Å². The number of hydrogen-bond acceptors (Lipinski definition) is 2. The lowest BCUT2D eigenvalue weighted by Crippen LogP contribution is -2.43. The van der Waals surface area contributed by atoms with Gasteiger partial charge in [-0.2, -0.15) is 0 Å². The summed E-state index contributed by atoms with van der Waals surface area (Å²) >= 11 is 0. The number of amides is 1. The highest BCUT2D eigenvalue weighted by Gasteiger charge is 2.24. The second-order valence-corrected chi connectivity index (χ2v) is 2.91. The van der Waals surface area contributed by atoms with Gasteiger partial charge in [0.25, 0.3) is 0 Å². The van der Waals surface area contributed by atoms with Crippen molar-refractivity contribution in [1.82, 2.24) is 5.32 Å². The van der Waals surface area contributed by atoms with E-state index >= 15 is 0 Å². The normalized spacial score (nSPS) is 29.9. The standard InChI is InChI=1S/C8H14N2O/c1-2-8(11)10-7-5-3-4-6(7)9/h2,6-7H,1,3-5,9H2,(H,10,11). The van der Waals surface area contributed by atoms with E-state index in [1.807, 2.05) is 0 Å². The minimum Gasteiger partial charge on any atom is -0.348 e. The SMILES string of the molecule is C=CC(=O)NC1CCCC1N. The molecule has 2 unspecified atom stereocenters. The summed E-state index contributed by atoms with van der Waals surface area (Å²) in [7, 11) is 0. The highest BCUT2D eigenvalue weighted by molar-refractivity contribution is 5.87. The van der Waals surface area contributed by atoms with Gasteiger partial charge in [-0.15, -0.1) is 0 Å². The summed E-state index contributed by atoms with van der Waals surface area (Å²) in [5, 5.41) is 2.80. The quantitative estimate of drug-likeness (QED) is 0.557. The molecule has 0 aromatic rings. The zero-order chi connectivity index (χ0) is 8.27. The molecule has 11 heavy (non-hydrogen) atoms. The first-order chi connectivity index (χ1) is 5.24.